The fourth-order valence-electron chi connectivity index (χ4n) is 3.75. The minimum atomic E-state index is 0. The van der Waals surface area contributed by atoms with E-state index in [1.807, 2.05) is 24.1 Å². The molecule has 4 rings (SSSR count). The van der Waals surface area contributed by atoms with E-state index < -0.39 is 0 Å². The summed E-state index contributed by atoms with van der Waals surface area (Å²) in [6.45, 7) is 2.49. The van der Waals surface area contributed by atoms with Crippen LogP contribution in [0, 0.1) is 0 Å². The van der Waals surface area contributed by atoms with Gasteiger partial charge in [0.25, 0.3) is 0 Å². The van der Waals surface area contributed by atoms with Gasteiger partial charge in [0, 0.05) is 44.5 Å². The van der Waals surface area contributed by atoms with Gasteiger partial charge in [0.1, 0.15) is 0 Å². The molecule has 0 radical (unpaired) electrons. The lowest BCUT2D eigenvalue weighted by Crippen LogP contribution is -2.40. The van der Waals surface area contributed by atoms with Crippen molar-refractivity contribution in [3.8, 4) is 0 Å². The number of hydrogen-bond acceptors (Lipinski definition) is 2. The summed E-state index contributed by atoms with van der Waals surface area (Å²) >= 11 is 0. The number of hydrogen-bond donors (Lipinski definition) is 1. The summed E-state index contributed by atoms with van der Waals surface area (Å²) in [6, 6.07) is 16.7. The number of carbonyl (C=O) groups is 1. The summed E-state index contributed by atoms with van der Waals surface area (Å²) in [4.78, 5) is 20.4. The first-order valence-electron chi connectivity index (χ1n) is 9.21. The number of amides is 1. The number of rotatable bonds is 3. The van der Waals surface area contributed by atoms with Crippen molar-refractivity contribution in [2.24, 2.45) is 4.99 Å². The molecule has 2 aromatic carbocycles. The van der Waals surface area contributed by atoms with Gasteiger partial charge >= 0.3 is 0 Å². The van der Waals surface area contributed by atoms with Crippen molar-refractivity contribution >= 4 is 47.2 Å². The maximum absolute atomic E-state index is 11.9. The van der Waals surface area contributed by atoms with Crippen LogP contribution in [0.2, 0.25) is 0 Å². The average molecular weight is 476 g/mol. The molecule has 0 spiro atoms. The molecule has 5 nitrogen and oxygen atoms in total. The second kappa shape index (κ2) is 8.73. The van der Waals surface area contributed by atoms with Gasteiger partial charge < -0.3 is 15.1 Å². The number of nitrogens with one attached hydrogen (secondary N) is 1. The molecule has 0 bridgehead atoms. The Hall–Kier alpha value is -2.09. The lowest BCUT2D eigenvalue weighted by molar-refractivity contribution is -0.117. The standard InChI is InChI=1S/C21H24N4O.HI/c1-22-21(25-14-12-17-5-2-3-6-19(17)25)23-15-16-8-10-18(11-9-16)24-13-4-7-20(24)26;/h2-3,5-6,8-11H,4,7,12-15H2,1H3,(H,22,23);1H. The zero-order chi connectivity index (χ0) is 17.9. The molecule has 1 saturated heterocycles. The van der Waals surface area contributed by atoms with Crippen LogP contribution in [0.4, 0.5) is 11.4 Å². The van der Waals surface area contributed by atoms with E-state index in [9.17, 15) is 4.79 Å². The fourth-order valence-corrected chi connectivity index (χ4v) is 3.75. The van der Waals surface area contributed by atoms with E-state index in [1.165, 1.54) is 16.8 Å². The van der Waals surface area contributed by atoms with Gasteiger partial charge in [-0.25, -0.2) is 0 Å². The summed E-state index contributed by atoms with van der Waals surface area (Å²) in [6.07, 6.45) is 2.67. The highest BCUT2D eigenvalue weighted by atomic mass is 127. The first kappa shape index (κ1) is 19.7. The van der Waals surface area contributed by atoms with Crippen LogP contribution in [-0.2, 0) is 17.8 Å². The van der Waals surface area contributed by atoms with Gasteiger partial charge in [-0.1, -0.05) is 30.3 Å². The third-order valence-corrected chi connectivity index (χ3v) is 5.13. The van der Waals surface area contributed by atoms with Gasteiger partial charge in [-0.2, -0.15) is 0 Å². The van der Waals surface area contributed by atoms with E-state index >= 15 is 0 Å². The molecule has 0 aliphatic carbocycles. The van der Waals surface area contributed by atoms with Crippen molar-refractivity contribution in [1.29, 1.82) is 0 Å². The van der Waals surface area contributed by atoms with Crippen LogP contribution >= 0.6 is 24.0 Å². The Morgan fingerprint density at radius 1 is 1.07 bits per heavy atom. The zero-order valence-corrected chi connectivity index (χ0v) is 17.8. The third-order valence-electron chi connectivity index (χ3n) is 5.13. The maximum Gasteiger partial charge on any atom is 0.227 e. The predicted molar refractivity (Wildman–Crippen MR) is 121 cm³/mol. The summed E-state index contributed by atoms with van der Waals surface area (Å²) in [5, 5.41) is 3.46. The second-order valence-corrected chi connectivity index (χ2v) is 6.75. The monoisotopic (exact) mass is 476 g/mol. The Morgan fingerprint density at radius 2 is 1.85 bits per heavy atom. The van der Waals surface area contributed by atoms with Crippen molar-refractivity contribution in [2.75, 3.05) is 29.9 Å². The van der Waals surface area contributed by atoms with Gasteiger partial charge in [-0.05, 0) is 42.2 Å². The number of carbonyl (C=O) groups excluding carboxylic acids is 1. The van der Waals surface area contributed by atoms with Gasteiger partial charge in [0.05, 0.1) is 0 Å². The molecule has 1 fully saturated rings. The fraction of sp³-hybridized carbons (Fsp3) is 0.333. The molecule has 1 amide bonds. The highest BCUT2D eigenvalue weighted by molar-refractivity contribution is 14.0. The summed E-state index contributed by atoms with van der Waals surface area (Å²) in [7, 11) is 1.82. The van der Waals surface area contributed by atoms with Crippen molar-refractivity contribution in [2.45, 2.75) is 25.8 Å². The zero-order valence-electron chi connectivity index (χ0n) is 15.5. The molecular formula is C21H25IN4O. The summed E-state index contributed by atoms with van der Waals surface area (Å²) < 4.78 is 0. The number of benzene rings is 2. The number of aliphatic imine (C=N–C) groups is 1. The summed E-state index contributed by atoms with van der Waals surface area (Å²) in [5.41, 5.74) is 4.78. The molecule has 142 valence electrons. The number of nitrogens with zero attached hydrogens (tertiary/aromatic N) is 3. The van der Waals surface area contributed by atoms with Crippen LogP contribution in [0.25, 0.3) is 0 Å². The first-order valence-corrected chi connectivity index (χ1v) is 9.21. The van der Waals surface area contributed by atoms with E-state index in [2.05, 4.69) is 51.6 Å². The van der Waals surface area contributed by atoms with E-state index in [4.69, 9.17) is 0 Å². The van der Waals surface area contributed by atoms with E-state index in [0.717, 1.165) is 37.6 Å². The molecule has 27 heavy (non-hydrogen) atoms. The number of anilines is 2. The number of guanidine groups is 1. The van der Waals surface area contributed by atoms with Crippen LogP contribution in [0.5, 0.6) is 0 Å². The predicted octanol–water partition coefficient (Wildman–Crippen LogP) is 3.57. The van der Waals surface area contributed by atoms with Gasteiger partial charge in [0.15, 0.2) is 5.96 Å². The van der Waals surface area contributed by atoms with Crippen LogP contribution < -0.4 is 15.1 Å². The molecule has 6 heteroatoms. The number of para-hydroxylation sites is 1. The topological polar surface area (TPSA) is 47.9 Å². The molecule has 2 aromatic rings. The van der Waals surface area contributed by atoms with Gasteiger partial charge in [0.2, 0.25) is 5.91 Å². The van der Waals surface area contributed by atoms with Crippen molar-refractivity contribution in [3.05, 3.63) is 59.7 Å². The normalized spacial score (nSPS) is 16.3. The Kier molecular flexibility index (Phi) is 6.36. The lowest BCUT2D eigenvalue weighted by Gasteiger charge is -2.22. The molecule has 2 aliphatic rings. The Bertz CT molecular complexity index is 834. The molecule has 0 unspecified atom stereocenters. The minimum absolute atomic E-state index is 0. The van der Waals surface area contributed by atoms with Crippen LogP contribution in [0.15, 0.2) is 53.5 Å². The van der Waals surface area contributed by atoms with E-state index in [1.54, 1.807) is 0 Å². The number of fused-ring (bicyclic) bond motifs is 1. The van der Waals surface area contributed by atoms with Crippen LogP contribution in [0.1, 0.15) is 24.0 Å². The molecular weight excluding hydrogens is 451 g/mol. The Labute approximate surface area is 177 Å². The van der Waals surface area contributed by atoms with Crippen molar-refractivity contribution < 1.29 is 4.79 Å². The third kappa shape index (κ3) is 4.10. The van der Waals surface area contributed by atoms with Gasteiger partial charge in [-0.3, -0.25) is 9.79 Å². The number of halogens is 1. The van der Waals surface area contributed by atoms with E-state index in [0.29, 0.717) is 13.0 Å². The molecule has 2 heterocycles. The highest BCUT2D eigenvalue weighted by Gasteiger charge is 2.23. The Balaban J connectivity index is 0.00000210. The molecule has 0 saturated carbocycles. The molecule has 0 atom stereocenters. The SMILES string of the molecule is CN=C(NCc1ccc(N2CCCC2=O)cc1)N1CCc2ccccc21.I. The highest BCUT2D eigenvalue weighted by Crippen LogP contribution is 2.27. The van der Waals surface area contributed by atoms with Crippen molar-refractivity contribution in [1.82, 2.24) is 5.32 Å². The average Bonchev–Trinajstić information content (AvgIpc) is 3.30. The van der Waals surface area contributed by atoms with Crippen LogP contribution in [-0.4, -0.2) is 32.0 Å². The second-order valence-electron chi connectivity index (χ2n) is 6.75. The first-order chi connectivity index (χ1) is 12.8. The quantitative estimate of drug-likeness (QED) is 0.419. The molecule has 2 aliphatic heterocycles. The smallest absolute Gasteiger partial charge is 0.227 e. The largest absolute Gasteiger partial charge is 0.352 e. The van der Waals surface area contributed by atoms with Crippen molar-refractivity contribution in [3.63, 3.8) is 0 Å². The maximum atomic E-state index is 11.9. The van der Waals surface area contributed by atoms with Gasteiger partial charge in [-0.15, -0.1) is 24.0 Å². The minimum Gasteiger partial charge on any atom is -0.352 e. The summed E-state index contributed by atoms with van der Waals surface area (Å²) in [5.74, 6) is 1.12. The molecule has 0 aromatic heterocycles. The van der Waals surface area contributed by atoms with Crippen LogP contribution in [0.3, 0.4) is 0 Å². The Morgan fingerprint density at radius 3 is 2.56 bits per heavy atom. The van der Waals surface area contributed by atoms with E-state index in [-0.39, 0.29) is 29.9 Å². The molecule has 1 N–H and O–H groups in total. The lowest BCUT2D eigenvalue weighted by atomic mass is 10.2.